The number of aromatic nitrogens is 6. The number of nitrogens with one attached hydrogen (secondary N) is 1. The van der Waals surface area contributed by atoms with Crippen LogP contribution < -0.4 is 10.6 Å². The lowest BCUT2D eigenvalue weighted by atomic mass is 10.0. The average molecular weight is 523 g/mol. The molecule has 0 unspecified atom stereocenters. The Morgan fingerprint density at radius 3 is 2.89 bits per heavy atom. The van der Waals surface area contributed by atoms with Crippen LogP contribution in [0.3, 0.4) is 0 Å². The van der Waals surface area contributed by atoms with Crippen molar-refractivity contribution in [3.8, 4) is 10.9 Å². The summed E-state index contributed by atoms with van der Waals surface area (Å²) in [4.78, 5) is 20.2. The normalized spacial score (nSPS) is 21.4. The number of aryl methyl sites for hydroxylation is 2. The lowest BCUT2D eigenvalue weighted by molar-refractivity contribution is 0.471. The van der Waals surface area contributed by atoms with Gasteiger partial charge in [-0.05, 0) is 54.6 Å². The van der Waals surface area contributed by atoms with Crippen molar-refractivity contribution in [2.24, 2.45) is 11.7 Å². The number of hydrogen-bond donors (Lipinski definition) is 2. The minimum Gasteiger partial charge on any atom is -0.419 e. The standard InChI is InChI=1S/C24H23FN8OS2/c1-3-11-4-13(25)6-15-18-20(28-19(11)15)29-24(30-21(18)33-9-12-5-14(33)7-16(12)26)36-17-8-27-23(35-17)22-32-31-10(2)34-22/h4,6,8,12,14,16H,3,5,7,9,26H2,1-2H3,(H,28,29,30)/t12-,14-,16-/m1/s1. The Balaban J connectivity index is 1.35. The van der Waals surface area contributed by atoms with Gasteiger partial charge in [-0.1, -0.05) is 6.92 Å². The zero-order valence-electron chi connectivity index (χ0n) is 19.7. The molecule has 2 aliphatic rings. The van der Waals surface area contributed by atoms with E-state index in [1.54, 1.807) is 25.3 Å². The van der Waals surface area contributed by atoms with Gasteiger partial charge in [-0.25, -0.2) is 19.3 Å². The van der Waals surface area contributed by atoms with Crippen molar-refractivity contribution in [3.05, 3.63) is 35.6 Å². The molecule has 0 radical (unpaired) electrons. The topological polar surface area (TPSA) is 123 Å². The van der Waals surface area contributed by atoms with Gasteiger partial charge in [0.25, 0.3) is 5.89 Å². The van der Waals surface area contributed by atoms with Crippen molar-refractivity contribution in [2.75, 3.05) is 11.4 Å². The van der Waals surface area contributed by atoms with Gasteiger partial charge in [-0.15, -0.1) is 21.5 Å². The number of hydrogen-bond acceptors (Lipinski definition) is 10. The number of rotatable bonds is 5. The van der Waals surface area contributed by atoms with Gasteiger partial charge >= 0.3 is 0 Å². The molecule has 9 nitrogen and oxygen atoms in total. The second-order valence-corrected chi connectivity index (χ2v) is 11.7. The Bertz CT molecular complexity index is 1630. The lowest BCUT2D eigenvalue weighted by Gasteiger charge is -2.31. The summed E-state index contributed by atoms with van der Waals surface area (Å²) in [6, 6.07) is 3.75. The second-order valence-electron chi connectivity index (χ2n) is 9.43. The zero-order chi connectivity index (χ0) is 24.6. The molecule has 7 rings (SSSR count). The monoisotopic (exact) mass is 522 g/mol. The van der Waals surface area contributed by atoms with Gasteiger partial charge in [-0.3, -0.25) is 0 Å². The molecule has 3 N–H and O–H groups in total. The zero-order valence-corrected chi connectivity index (χ0v) is 21.3. The quantitative estimate of drug-likeness (QED) is 0.316. The summed E-state index contributed by atoms with van der Waals surface area (Å²) in [6.45, 7) is 4.63. The molecule has 1 saturated carbocycles. The summed E-state index contributed by atoms with van der Waals surface area (Å²) in [6.07, 6.45) is 4.49. The molecule has 1 saturated heterocycles. The molecule has 0 spiro atoms. The fraction of sp³-hybridized carbons (Fsp3) is 0.375. The van der Waals surface area contributed by atoms with Crippen molar-refractivity contribution < 1.29 is 8.81 Å². The fourth-order valence-corrected chi connectivity index (χ4v) is 7.31. The minimum absolute atomic E-state index is 0.230. The van der Waals surface area contributed by atoms with Crippen LogP contribution in [0.4, 0.5) is 10.2 Å². The van der Waals surface area contributed by atoms with Crippen molar-refractivity contribution in [1.82, 2.24) is 30.1 Å². The van der Waals surface area contributed by atoms with E-state index in [1.165, 1.54) is 23.1 Å². The summed E-state index contributed by atoms with van der Waals surface area (Å²) in [5, 5.41) is 10.9. The van der Waals surface area contributed by atoms with E-state index in [9.17, 15) is 4.39 Å². The Morgan fingerprint density at radius 1 is 1.28 bits per heavy atom. The van der Waals surface area contributed by atoms with Crippen LogP contribution in [-0.4, -0.2) is 48.8 Å². The highest BCUT2D eigenvalue weighted by atomic mass is 32.2. The summed E-state index contributed by atoms with van der Waals surface area (Å²) in [7, 11) is 0. The first-order valence-electron chi connectivity index (χ1n) is 11.9. The van der Waals surface area contributed by atoms with Crippen LogP contribution in [0.1, 0.15) is 31.2 Å². The molecule has 184 valence electrons. The van der Waals surface area contributed by atoms with Crippen LogP contribution in [0.2, 0.25) is 0 Å². The molecule has 5 aromatic rings. The first kappa shape index (κ1) is 22.1. The Kier molecular flexibility index (Phi) is 5.05. The molecule has 5 heterocycles. The molecule has 2 bridgehead atoms. The third-order valence-electron chi connectivity index (χ3n) is 7.20. The number of nitrogens with two attached hydrogens (primary N) is 1. The van der Waals surface area contributed by atoms with Gasteiger partial charge in [0, 0.05) is 30.9 Å². The van der Waals surface area contributed by atoms with Gasteiger partial charge in [0.1, 0.15) is 17.3 Å². The van der Waals surface area contributed by atoms with E-state index in [-0.39, 0.29) is 11.9 Å². The van der Waals surface area contributed by atoms with Crippen molar-refractivity contribution in [2.45, 2.75) is 54.6 Å². The Hall–Kier alpha value is -3.09. The smallest absolute Gasteiger partial charge is 0.276 e. The highest BCUT2D eigenvalue weighted by Gasteiger charge is 2.44. The Labute approximate surface area is 213 Å². The number of thiazole rings is 1. The molecule has 12 heteroatoms. The molecule has 1 aliphatic carbocycles. The van der Waals surface area contributed by atoms with E-state index < -0.39 is 0 Å². The summed E-state index contributed by atoms with van der Waals surface area (Å²) in [5.74, 6) is 1.94. The number of fused-ring (bicyclic) bond motifs is 5. The molecule has 3 atom stereocenters. The molecular formula is C24H23FN8OS2. The van der Waals surface area contributed by atoms with Gasteiger partial charge in [0.2, 0.25) is 5.89 Å². The van der Waals surface area contributed by atoms with Gasteiger partial charge in [0.15, 0.2) is 10.2 Å². The largest absolute Gasteiger partial charge is 0.419 e. The van der Waals surface area contributed by atoms with Crippen LogP contribution in [0, 0.1) is 18.7 Å². The van der Waals surface area contributed by atoms with Gasteiger partial charge < -0.3 is 20.0 Å². The number of piperidine rings is 1. The van der Waals surface area contributed by atoms with Crippen molar-refractivity contribution >= 4 is 50.9 Å². The molecule has 2 fully saturated rings. The predicted molar refractivity (Wildman–Crippen MR) is 137 cm³/mol. The lowest BCUT2D eigenvalue weighted by Crippen LogP contribution is -2.41. The molecule has 0 amide bonds. The highest BCUT2D eigenvalue weighted by Crippen LogP contribution is 2.44. The summed E-state index contributed by atoms with van der Waals surface area (Å²) >= 11 is 2.89. The SMILES string of the molecule is CCc1cc(F)cc2c1[nH]c1nc(Sc3cnc(-c4nnc(C)o4)s3)nc(N3C[C@H]4C[C@@H]3C[C@H]4N)c12. The summed E-state index contributed by atoms with van der Waals surface area (Å²) < 4.78 is 21.0. The van der Waals surface area contributed by atoms with Crippen LogP contribution in [0.15, 0.2) is 32.1 Å². The van der Waals surface area contributed by atoms with Crippen LogP contribution in [-0.2, 0) is 6.42 Å². The van der Waals surface area contributed by atoms with Crippen LogP contribution in [0.5, 0.6) is 0 Å². The maximum atomic E-state index is 14.6. The second kappa shape index (κ2) is 8.22. The molecule has 1 aromatic carbocycles. The molecule has 1 aliphatic heterocycles. The third kappa shape index (κ3) is 3.50. The number of nitrogens with zero attached hydrogens (tertiary/aromatic N) is 6. The van der Waals surface area contributed by atoms with E-state index >= 15 is 0 Å². The van der Waals surface area contributed by atoms with E-state index in [0.29, 0.717) is 46.0 Å². The number of benzene rings is 1. The minimum atomic E-state index is -0.247. The maximum Gasteiger partial charge on any atom is 0.276 e. The van der Waals surface area contributed by atoms with E-state index in [4.69, 9.17) is 20.1 Å². The number of anilines is 1. The highest BCUT2D eigenvalue weighted by molar-refractivity contribution is 8.01. The fourth-order valence-electron chi connectivity index (χ4n) is 5.56. The van der Waals surface area contributed by atoms with E-state index in [0.717, 1.165) is 51.3 Å². The third-order valence-corrected chi connectivity index (χ3v) is 9.15. The average Bonchev–Trinajstić information content (AvgIpc) is 3.66. The number of halogens is 1. The number of H-pyrrole nitrogens is 1. The summed E-state index contributed by atoms with van der Waals surface area (Å²) in [5.41, 5.74) is 8.90. The first-order chi connectivity index (χ1) is 17.5. The van der Waals surface area contributed by atoms with E-state index in [2.05, 4.69) is 25.1 Å². The molecule has 4 aromatic heterocycles. The van der Waals surface area contributed by atoms with Gasteiger partial charge in [-0.2, -0.15) is 0 Å². The van der Waals surface area contributed by atoms with Crippen LogP contribution in [0.25, 0.3) is 32.8 Å². The molecular weight excluding hydrogens is 499 g/mol. The van der Waals surface area contributed by atoms with Crippen molar-refractivity contribution in [3.63, 3.8) is 0 Å². The van der Waals surface area contributed by atoms with Gasteiger partial charge in [0.05, 0.1) is 21.3 Å². The van der Waals surface area contributed by atoms with E-state index in [1.807, 2.05) is 6.92 Å². The van der Waals surface area contributed by atoms with Crippen molar-refractivity contribution in [1.29, 1.82) is 0 Å². The maximum absolute atomic E-state index is 14.6. The van der Waals surface area contributed by atoms with Crippen LogP contribution >= 0.6 is 23.1 Å². The number of aromatic amines is 1. The predicted octanol–water partition coefficient (Wildman–Crippen LogP) is 4.70. The molecule has 36 heavy (non-hydrogen) atoms. The first-order valence-corrected chi connectivity index (χ1v) is 13.6. The Morgan fingerprint density at radius 2 is 2.17 bits per heavy atom.